The molecule has 1 fully saturated rings. The molecule has 1 saturated carbocycles. The summed E-state index contributed by atoms with van der Waals surface area (Å²) in [6.45, 7) is 0.123. The third-order valence-electron chi connectivity index (χ3n) is 4.09. The van der Waals surface area contributed by atoms with E-state index in [1.807, 2.05) is 25.2 Å². The van der Waals surface area contributed by atoms with Gasteiger partial charge in [-0.2, -0.15) is 0 Å². The Morgan fingerprint density at radius 3 is 2.95 bits per heavy atom. The Morgan fingerprint density at radius 2 is 2.21 bits per heavy atom. The zero-order chi connectivity index (χ0) is 13.4. The number of nitrogens with two attached hydrogens (primary N) is 1. The first-order valence-electron chi connectivity index (χ1n) is 6.92. The van der Waals surface area contributed by atoms with Crippen molar-refractivity contribution in [3.05, 3.63) is 29.3 Å². The van der Waals surface area contributed by atoms with Crippen LogP contribution < -0.4 is 10.5 Å². The van der Waals surface area contributed by atoms with Crippen LogP contribution in [0.25, 0.3) is 0 Å². The van der Waals surface area contributed by atoms with E-state index in [-0.39, 0.29) is 18.6 Å². The first-order chi connectivity index (χ1) is 9.15. The average Bonchev–Trinajstić information content (AvgIpc) is 3.20. The number of hydrogen-bond donors (Lipinski definition) is 1. The van der Waals surface area contributed by atoms with E-state index in [0.717, 1.165) is 31.4 Å². The predicted octanol–water partition coefficient (Wildman–Crippen LogP) is 1.63. The van der Waals surface area contributed by atoms with Crippen molar-refractivity contribution in [2.75, 3.05) is 13.7 Å². The first-order valence-corrected chi connectivity index (χ1v) is 6.92. The number of nitrogens with zero attached hydrogens (tertiary/aromatic N) is 1. The monoisotopic (exact) mass is 260 g/mol. The van der Waals surface area contributed by atoms with Crippen LogP contribution in [0.2, 0.25) is 0 Å². The zero-order valence-corrected chi connectivity index (χ0v) is 11.3. The largest absolute Gasteiger partial charge is 0.484 e. The minimum absolute atomic E-state index is 0.0553. The van der Waals surface area contributed by atoms with Gasteiger partial charge in [-0.3, -0.25) is 4.79 Å². The number of rotatable bonds is 4. The average molecular weight is 260 g/mol. The van der Waals surface area contributed by atoms with E-state index in [1.54, 1.807) is 4.90 Å². The number of ether oxygens (including phenoxy) is 1. The summed E-state index contributed by atoms with van der Waals surface area (Å²) in [7, 11) is 1.85. The van der Waals surface area contributed by atoms with Crippen LogP contribution in [0, 0.1) is 0 Å². The van der Waals surface area contributed by atoms with E-state index in [1.165, 1.54) is 11.1 Å². The van der Waals surface area contributed by atoms with Gasteiger partial charge in [0.2, 0.25) is 0 Å². The lowest BCUT2D eigenvalue weighted by atomic mass is 10.1. The molecule has 3 rings (SSSR count). The summed E-state index contributed by atoms with van der Waals surface area (Å²) in [5.41, 5.74) is 8.47. The minimum Gasteiger partial charge on any atom is -0.484 e. The van der Waals surface area contributed by atoms with E-state index < -0.39 is 0 Å². The molecule has 1 aromatic carbocycles. The lowest BCUT2D eigenvalue weighted by Gasteiger charge is -2.16. The number of benzene rings is 1. The SMILES string of the molecule is CN(C(=O)COc1ccc2c(c1)CC[C@@H]2N)C1CC1. The topological polar surface area (TPSA) is 55.6 Å². The van der Waals surface area contributed by atoms with Gasteiger partial charge in [-0.05, 0) is 48.9 Å². The standard InChI is InChI=1S/C15H20N2O2/c1-17(11-3-4-11)15(18)9-19-12-5-6-13-10(8-12)2-7-14(13)16/h5-6,8,11,14H,2-4,7,9,16H2,1H3/t14-/m0/s1. The molecule has 4 nitrogen and oxygen atoms in total. The molecule has 102 valence electrons. The summed E-state index contributed by atoms with van der Waals surface area (Å²) >= 11 is 0. The van der Waals surface area contributed by atoms with Gasteiger partial charge in [-0.25, -0.2) is 0 Å². The van der Waals surface area contributed by atoms with Crippen LogP contribution in [0.5, 0.6) is 5.75 Å². The molecule has 1 aromatic rings. The molecule has 0 aliphatic heterocycles. The highest BCUT2D eigenvalue weighted by molar-refractivity contribution is 5.78. The van der Waals surface area contributed by atoms with Crippen LogP contribution in [0.4, 0.5) is 0 Å². The maximum absolute atomic E-state index is 11.9. The Kier molecular flexibility index (Phi) is 3.19. The van der Waals surface area contributed by atoms with Gasteiger partial charge < -0.3 is 15.4 Å². The number of fused-ring (bicyclic) bond motifs is 1. The van der Waals surface area contributed by atoms with Crippen molar-refractivity contribution in [2.45, 2.75) is 37.8 Å². The molecule has 1 atom stereocenters. The Labute approximate surface area is 113 Å². The zero-order valence-electron chi connectivity index (χ0n) is 11.3. The van der Waals surface area contributed by atoms with Gasteiger partial charge in [0.15, 0.2) is 6.61 Å². The van der Waals surface area contributed by atoms with E-state index in [2.05, 4.69) is 0 Å². The van der Waals surface area contributed by atoms with Gasteiger partial charge in [-0.15, -0.1) is 0 Å². The quantitative estimate of drug-likeness (QED) is 0.895. The van der Waals surface area contributed by atoms with Crippen LogP contribution in [0.1, 0.15) is 36.4 Å². The molecule has 2 aliphatic rings. The van der Waals surface area contributed by atoms with Crippen molar-refractivity contribution in [1.82, 2.24) is 4.90 Å². The molecular weight excluding hydrogens is 240 g/mol. The molecule has 0 spiro atoms. The third-order valence-corrected chi connectivity index (χ3v) is 4.09. The summed E-state index contributed by atoms with van der Waals surface area (Å²) in [5, 5.41) is 0. The van der Waals surface area contributed by atoms with Crippen LogP contribution in [-0.4, -0.2) is 30.5 Å². The van der Waals surface area contributed by atoms with Gasteiger partial charge in [0.25, 0.3) is 5.91 Å². The molecule has 0 bridgehead atoms. The molecule has 0 unspecified atom stereocenters. The number of hydrogen-bond acceptors (Lipinski definition) is 3. The van der Waals surface area contributed by atoms with Crippen LogP contribution in [-0.2, 0) is 11.2 Å². The minimum atomic E-state index is 0.0553. The second kappa shape index (κ2) is 4.85. The van der Waals surface area contributed by atoms with Gasteiger partial charge in [0.1, 0.15) is 5.75 Å². The van der Waals surface area contributed by atoms with Crippen molar-refractivity contribution >= 4 is 5.91 Å². The second-order valence-corrected chi connectivity index (χ2v) is 5.53. The van der Waals surface area contributed by atoms with Crippen LogP contribution in [0.3, 0.4) is 0 Å². The van der Waals surface area contributed by atoms with Crippen molar-refractivity contribution in [2.24, 2.45) is 5.73 Å². The lowest BCUT2D eigenvalue weighted by Crippen LogP contribution is -2.33. The molecule has 0 heterocycles. The Hall–Kier alpha value is -1.55. The predicted molar refractivity (Wildman–Crippen MR) is 73.0 cm³/mol. The number of carbonyl (C=O) groups is 1. The molecule has 0 saturated heterocycles. The number of aryl methyl sites for hydroxylation is 1. The molecule has 0 radical (unpaired) electrons. The fourth-order valence-electron chi connectivity index (χ4n) is 2.63. The van der Waals surface area contributed by atoms with Gasteiger partial charge in [0.05, 0.1) is 0 Å². The smallest absolute Gasteiger partial charge is 0.260 e. The second-order valence-electron chi connectivity index (χ2n) is 5.53. The van der Waals surface area contributed by atoms with Crippen LogP contribution in [0.15, 0.2) is 18.2 Å². The number of carbonyl (C=O) groups excluding carboxylic acids is 1. The van der Waals surface area contributed by atoms with E-state index in [4.69, 9.17) is 10.5 Å². The molecule has 0 aromatic heterocycles. The normalized spacial score (nSPS) is 21.1. The first kappa shape index (κ1) is 12.5. The van der Waals surface area contributed by atoms with Gasteiger partial charge >= 0.3 is 0 Å². The summed E-state index contributed by atoms with van der Waals surface area (Å²) in [5.74, 6) is 0.824. The number of amides is 1. The van der Waals surface area contributed by atoms with Crippen molar-refractivity contribution in [3.8, 4) is 5.75 Å². The highest BCUT2D eigenvalue weighted by Gasteiger charge is 2.29. The summed E-state index contributed by atoms with van der Waals surface area (Å²) in [6.07, 6.45) is 4.25. The lowest BCUT2D eigenvalue weighted by molar-refractivity contribution is -0.132. The molecule has 2 aliphatic carbocycles. The van der Waals surface area contributed by atoms with Crippen molar-refractivity contribution in [1.29, 1.82) is 0 Å². The molecular formula is C15H20N2O2. The maximum atomic E-state index is 11.9. The van der Waals surface area contributed by atoms with Gasteiger partial charge in [-0.1, -0.05) is 6.07 Å². The molecule has 19 heavy (non-hydrogen) atoms. The molecule has 1 amide bonds. The highest BCUT2D eigenvalue weighted by atomic mass is 16.5. The van der Waals surface area contributed by atoms with Gasteiger partial charge in [0, 0.05) is 19.1 Å². The Bertz CT molecular complexity index is 497. The van der Waals surface area contributed by atoms with E-state index in [9.17, 15) is 4.79 Å². The highest BCUT2D eigenvalue weighted by Crippen LogP contribution is 2.32. The van der Waals surface area contributed by atoms with E-state index >= 15 is 0 Å². The third kappa shape index (κ3) is 2.59. The van der Waals surface area contributed by atoms with E-state index in [0.29, 0.717) is 6.04 Å². The fraction of sp³-hybridized carbons (Fsp3) is 0.533. The Balaban J connectivity index is 1.60. The molecule has 4 heteroatoms. The summed E-state index contributed by atoms with van der Waals surface area (Å²) in [4.78, 5) is 13.7. The van der Waals surface area contributed by atoms with Crippen molar-refractivity contribution < 1.29 is 9.53 Å². The molecule has 2 N–H and O–H groups in total. The maximum Gasteiger partial charge on any atom is 0.260 e. The van der Waals surface area contributed by atoms with Crippen molar-refractivity contribution in [3.63, 3.8) is 0 Å². The summed E-state index contributed by atoms with van der Waals surface area (Å²) < 4.78 is 5.60. The van der Waals surface area contributed by atoms with Crippen LogP contribution >= 0.6 is 0 Å². The Morgan fingerprint density at radius 1 is 1.42 bits per heavy atom. The summed E-state index contributed by atoms with van der Waals surface area (Å²) in [6, 6.07) is 6.55. The fourth-order valence-corrected chi connectivity index (χ4v) is 2.63. The number of likely N-dealkylation sites (N-methyl/N-ethyl adjacent to an activating group) is 1.